The van der Waals surface area contributed by atoms with Crippen LogP contribution in [0.15, 0.2) is 0 Å². The summed E-state index contributed by atoms with van der Waals surface area (Å²) in [6, 6.07) is 0. The Kier molecular flexibility index (Phi) is 5.08. The van der Waals surface area contributed by atoms with Gasteiger partial charge in [0.25, 0.3) is 0 Å². The monoisotopic (exact) mass is 323 g/mol. The molecule has 1 saturated heterocycles. The van der Waals surface area contributed by atoms with E-state index in [1.54, 1.807) is 6.92 Å². The Bertz CT molecular complexity index is 476. The fourth-order valence-electron chi connectivity index (χ4n) is 2.27. The highest BCUT2D eigenvalue weighted by molar-refractivity contribution is 6.28. The summed E-state index contributed by atoms with van der Waals surface area (Å²) in [4.78, 5) is 15.0. The minimum absolute atomic E-state index is 0.0175. The van der Waals surface area contributed by atoms with Crippen LogP contribution in [0.4, 0.5) is 25.1 Å². The Morgan fingerprint density at radius 2 is 1.86 bits per heavy atom. The second kappa shape index (κ2) is 6.64. The van der Waals surface area contributed by atoms with E-state index in [2.05, 4.69) is 15.0 Å². The van der Waals surface area contributed by atoms with Gasteiger partial charge >= 0.3 is 6.18 Å². The van der Waals surface area contributed by atoms with Gasteiger partial charge in [-0.15, -0.1) is 0 Å². The molecule has 2 rings (SSSR count). The molecule has 1 aromatic rings. The first kappa shape index (κ1) is 16.1. The Morgan fingerprint density at radius 3 is 2.43 bits per heavy atom. The molecule has 0 bridgehead atoms. The van der Waals surface area contributed by atoms with Gasteiger partial charge in [0.15, 0.2) is 0 Å². The summed E-state index contributed by atoms with van der Waals surface area (Å²) in [6.07, 6.45) is -1.74. The van der Waals surface area contributed by atoms with Crippen molar-refractivity contribution in [2.75, 3.05) is 36.0 Å². The van der Waals surface area contributed by atoms with E-state index in [4.69, 9.17) is 11.6 Å². The SMILES string of the molecule is CCCN(CC(F)(F)F)c1nc(Cl)nc(N2CCCC2)n1. The van der Waals surface area contributed by atoms with Crippen molar-refractivity contribution in [2.24, 2.45) is 0 Å². The Balaban J connectivity index is 2.26. The maximum absolute atomic E-state index is 12.7. The van der Waals surface area contributed by atoms with Crippen molar-refractivity contribution in [2.45, 2.75) is 32.4 Å². The van der Waals surface area contributed by atoms with Gasteiger partial charge in [-0.2, -0.15) is 28.1 Å². The van der Waals surface area contributed by atoms with Gasteiger partial charge in [-0.25, -0.2) is 0 Å². The number of hydrogen-bond donors (Lipinski definition) is 0. The van der Waals surface area contributed by atoms with Gasteiger partial charge in [0.2, 0.25) is 17.2 Å². The molecular weight excluding hydrogens is 307 g/mol. The van der Waals surface area contributed by atoms with Crippen LogP contribution in [0, 0.1) is 0 Å². The van der Waals surface area contributed by atoms with Crippen LogP contribution >= 0.6 is 11.6 Å². The molecule has 1 aliphatic rings. The molecule has 1 fully saturated rings. The van der Waals surface area contributed by atoms with Gasteiger partial charge in [0.05, 0.1) is 0 Å². The zero-order chi connectivity index (χ0) is 15.5. The van der Waals surface area contributed by atoms with Crippen LogP contribution in [0.2, 0.25) is 5.28 Å². The summed E-state index contributed by atoms with van der Waals surface area (Å²) in [6.45, 7) is 2.48. The number of hydrogen-bond acceptors (Lipinski definition) is 5. The molecule has 1 aliphatic heterocycles. The predicted octanol–water partition coefficient (Wildman–Crippen LogP) is 2.90. The summed E-state index contributed by atoms with van der Waals surface area (Å²) in [5.41, 5.74) is 0. The maximum Gasteiger partial charge on any atom is 0.406 e. The molecule has 0 aliphatic carbocycles. The Morgan fingerprint density at radius 1 is 1.19 bits per heavy atom. The minimum Gasteiger partial charge on any atom is -0.341 e. The van der Waals surface area contributed by atoms with Crippen LogP contribution in [0.5, 0.6) is 0 Å². The standard InChI is InChI=1S/C12H17ClF3N5/c1-2-5-21(8-12(14,15)16)11-18-9(13)17-10(19-11)20-6-3-4-7-20/h2-8H2,1H3. The molecule has 1 aromatic heterocycles. The van der Waals surface area contributed by atoms with Crippen molar-refractivity contribution < 1.29 is 13.2 Å². The number of halogens is 4. The first-order valence-electron chi connectivity index (χ1n) is 6.87. The van der Waals surface area contributed by atoms with E-state index in [9.17, 15) is 13.2 Å². The number of anilines is 2. The van der Waals surface area contributed by atoms with E-state index < -0.39 is 12.7 Å². The van der Waals surface area contributed by atoms with Gasteiger partial charge in [0, 0.05) is 19.6 Å². The average Bonchev–Trinajstić information content (AvgIpc) is 2.90. The molecule has 0 saturated carbocycles. The lowest BCUT2D eigenvalue weighted by atomic mass is 10.4. The molecule has 0 unspecified atom stereocenters. The van der Waals surface area contributed by atoms with E-state index >= 15 is 0 Å². The van der Waals surface area contributed by atoms with E-state index in [0.29, 0.717) is 12.4 Å². The molecule has 2 heterocycles. The fourth-order valence-corrected chi connectivity index (χ4v) is 2.42. The largest absolute Gasteiger partial charge is 0.406 e. The van der Waals surface area contributed by atoms with Crippen LogP contribution in [-0.2, 0) is 0 Å². The minimum atomic E-state index is -4.32. The average molecular weight is 324 g/mol. The summed E-state index contributed by atoms with van der Waals surface area (Å²) in [5.74, 6) is 0.335. The topological polar surface area (TPSA) is 45.2 Å². The second-order valence-electron chi connectivity index (χ2n) is 4.94. The van der Waals surface area contributed by atoms with Crippen molar-refractivity contribution in [3.05, 3.63) is 5.28 Å². The van der Waals surface area contributed by atoms with Gasteiger partial charge in [-0.3, -0.25) is 0 Å². The highest BCUT2D eigenvalue weighted by Crippen LogP contribution is 2.23. The van der Waals surface area contributed by atoms with Crippen molar-refractivity contribution >= 4 is 23.5 Å². The number of alkyl halides is 3. The molecule has 0 N–H and O–H groups in total. The molecule has 0 atom stereocenters. The van der Waals surface area contributed by atoms with Crippen LogP contribution in [0.3, 0.4) is 0 Å². The molecular formula is C12H17ClF3N5. The lowest BCUT2D eigenvalue weighted by molar-refractivity contribution is -0.119. The summed E-state index contributed by atoms with van der Waals surface area (Å²) >= 11 is 5.85. The lowest BCUT2D eigenvalue weighted by Gasteiger charge is -2.24. The Hall–Kier alpha value is -1.31. The van der Waals surface area contributed by atoms with Crippen molar-refractivity contribution in [1.29, 1.82) is 0 Å². The van der Waals surface area contributed by atoms with Gasteiger partial charge in [-0.1, -0.05) is 6.92 Å². The quantitative estimate of drug-likeness (QED) is 0.833. The van der Waals surface area contributed by atoms with E-state index in [1.807, 2.05) is 4.90 Å². The third kappa shape index (κ3) is 4.59. The first-order valence-corrected chi connectivity index (χ1v) is 7.25. The van der Waals surface area contributed by atoms with E-state index in [1.165, 1.54) is 0 Å². The van der Waals surface area contributed by atoms with Crippen molar-refractivity contribution in [3.8, 4) is 0 Å². The van der Waals surface area contributed by atoms with Crippen molar-refractivity contribution in [3.63, 3.8) is 0 Å². The molecule has 0 amide bonds. The molecule has 21 heavy (non-hydrogen) atoms. The fraction of sp³-hybridized carbons (Fsp3) is 0.750. The third-order valence-electron chi connectivity index (χ3n) is 3.12. The summed E-state index contributed by atoms with van der Waals surface area (Å²) < 4.78 is 38.0. The number of aromatic nitrogens is 3. The summed E-state index contributed by atoms with van der Waals surface area (Å²) in [7, 11) is 0. The molecule has 0 radical (unpaired) electrons. The molecule has 118 valence electrons. The van der Waals surface area contributed by atoms with Crippen LogP contribution in [0.1, 0.15) is 26.2 Å². The van der Waals surface area contributed by atoms with E-state index in [-0.39, 0.29) is 17.8 Å². The van der Waals surface area contributed by atoms with E-state index in [0.717, 1.165) is 30.8 Å². The molecule has 5 nitrogen and oxygen atoms in total. The highest BCUT2D eigenvalue weighted by Gasteiger charge is 2.32. The normalized spacial score (nSPS) is 15.6. The summed E-state index contributed by atoms with van der Waals surface area (Å²) in [5, 5.41) is -0.0785. The zero-order valence-corrected chi connectivity index (χ0v) is 12.5. The molecule has 9 heteroatoms. The lowest BCUT2D eigenvalue weighted by Crippen LogP contribution is -2.36. The number of rotatable bonds is 5. The molecule has 0 spiro atoms. The van der Waals surface area contributed by atoms with Gasteiger partial charge in [-0.05, 0) is 30.9 Å². The van der Waals surface area contributed by atoms with Crippen molar-refractivity contribution in [1.82, 2.24) is 15.0 Å². The van der Waals surface area contributed by atoms with Crippen LogP contribution < -0.4 is 9.80 Å². The molecule has 0 aromatic carbocycles. The number of nitrogens with zero attached hydrogens (tertiary/aromatic N) is 5. The van der Waals surface area contributed by atoms with Crippen LogP contribution in [0.25, 0.3) is 0 Å². The third-order valence-corrected chi connectivity index (χ3v) is 3.29. The van der Waals surface area contributed by atoms with Gasteiger partial charge < -0.3 is 9.80 Å². The highest BCUT2D eigenvalue weighted by atomic mass is 35.5. The predicted molar refractivity (Wildman–Crippen MR) is 74.8 cm³/mol. The Labute approximate surface area is 126 Å². The second-order valence-corrected chi connectivity index (χ2v) is 5.27. The van der Waals surface area contributed by atoms with Gasteiger partial charge in [0.1, 0.15) is 6.54 Å². The van der Waals surface area contributed by atoms with Crippen LogP contribution in [-0.4, -0.2) is 47.3 Å². The maximum atomic E-state index is 12.7. The zero-order valence-electron chi connectivity index (χ0n) is 11.7. The first-order chi connectivity index (χ1) is 9.89. The smallest absolute Gasteiger partial charge is 0.341 e.